The van der Waals surface area contributed by atoms with Crippen molar-refractivity contribution in [1.29, 1.82) is 0 Å². The van der Waals surface area contributed by atoms with Crippen LogP contribution < -0.4 is 4.74 Å². The van der Waals surface area contributed by atoms with E-state index < -0.39 is 5.97 Å². The lowest BCUT2D eigenvalue weighted by Crippen LogP contribution is -2.10. The van der Waals surface area contributed by atoms with Gasteiger partial charge < -0.3 is 9.84 Å². The predicted molar refractivity (Wildman–Crippen MR) is 118 cm³/mol. The Morgan fingerprint density at radius 3 is 2.10 bits per heavy atom. The number of unbranched alkanes of at least 4 members (excludes halogenated alkanes) is 9. The lowest BCUT2D eigenvalue weighted by atomic mass is 10.1. The van der Waals surface area contributed by atoms with Crippen LogP contribution in [-0.2, 0) is 4.79 Å². The van der Waals surface area contributed by atoms with Gasteiger partial charge >= 0.3 is 11.9 Å². The molecule has 0 atom stereocenters. The Bertz CT molecular complexity index is 646. The van der Waals surface area contributed by atoms with Crippen molar-refractivity contribution in [2.24, 2.45) is 0 Å². The zero-order valence-electron chi connectivity index (χ0n) is 17.8. The molecule has 1 rings (SSSR count). The molecule has 160 valence electrons. The van der Waals surface area contributed by atoms with Gasteiger partial charge in [-0.2, -0.15) is 0 Å². The summed E-state index contributed by atoms with van der Waals surface area (Å²) in [5.41, 5.74) is 0.0141. The molecule has 29 heavy (non-hydrogen) atoms. The minimum atomic E-state index is -1.09. The second-order valence-corrected chi connectivity index (χ2v) is 7.29. The standard InChI is InChI=1S/C25H36O4/c1-2-3-4-5-6-7-8-9-10-11-12-13-14-15-16-21-24(26)29-23-20-18-17-19-22(23)25(27)28/h7-10,17-20H,2-6,11-16,21H2,1H3,(H,27,28)/b8-7+,10-9+. The number of rotatable bonds is 16. The van der Waals surface area contributed by atoms with Crippen molar-refractivity contribution in [3.8, 4) is 5.75 Å². The molecule has 0 saturated carbocycles. The molecule has 0 fully saturated rings. The highest BCUT2D eigenvalue weighted by molar-refractivity contribution is 5.91. The monoisotopic (exact) mass is 400 g/mol. The van der Waals surface area contributed by atoms with Gasteiger partial charge in [0.05, 0.1) is 0 Å². The third-order valence-corrected chi connectivity index (χ3v) is 4.70. The van der Waals surface area contributed by atoms with Crippen molar-refractivity contribution in [2.45, 2.75) is 84.0 Å². The normalized spacial score (nSPS) is 11.3. The fraction of sp³-hybridized carbons (Fsp3) is 0.520. The highest BCUT2D eigenvalue weighted by atomic mass is 16.5. The maximum Gasteiger partial charge on any atom is 0.339 e. The van der Waals surface area contributed by atoms with E-state index in [0.717, 1.165) is 38.5 Å². The summed E-state index contributed by atoms with van der Waals surface area (Å²) in [4.78, 5) is 23.0. The Hall–Kier alpha value is -2.36. The summed E-state index contributed by atoms with van der Waals surface area (Å²) in [6, 6.07) is 6.22. The number of allylic oxidation sites excluding steroid dienone is 4. The quantitative estimate of drug-likeness (QED) is 0.139. The number of ether oxygens (including phenoxy) is 1. The van der Waals surface area contributed by atoms with E-state index in [0.29, 0.717) is 6.42 Å². The van der Waals surface area contributed by atoms with E-state index in [9.17, 15) is 9.59 Å². The number of aromatic carboxylic acids is 1. The molecule has 0 aromatic heterocycles. The number of esters is 1. The molecule has 0 saturated heterocycles. The number of carboxylic acid groups (broad SMARTS) is 1. The third-order valence-electron chi connectivity index (χ3n) is 4.70. The van der Waals surface area contributed by atoms with Gasteiger partial charge in [-0.3, -0.25) is 4.79 Å². The molecule has 1 aromatic rings. The molecule has 1 aromatic carbocycles. The molecular formula is C25H36O4. The van der Waals surface area contributed by atoms with Crippen LogP contribution in [0.3, 0.4) is 0 Å². The minimum absolute atomic E-state index is 0.0141. The maximum atomic E-state index is 11.9. The van der Waals surface area contributed by atoms with Gasteiger partial charge in [-0.25, -0.2) is 4.79 Å². The topological polar surface area (TPSA) is 63.6 Å². The Kier molecular flexibility index (Phi) is 14.1. The van der Waals surface area contributed by atoms with E-state index in [1.165, 1.54) is 44.2 Å². The number of para-hydroxylation sites is 1. The summed E-state index contributed by atoms with van der Waals surface area (Å²) < 4.78 is 5.19. The molecule has 0 bridgehead atoms. The van der Waals surface area contributed by atoms with Crippen molar-refractivity contribution in [3.63, 3.8) is 0 Å². The zero-order chi connectivity index (χ0) is 21.2. The summed E-state index contributed by atoms with van der Waals surface area (Å²) in [5, 5.41) is 9.10. The van der Waals surface area contributed by atoms with Crippen LogP contribution in [0.5, 0.6) is 5.75 Å². The fourth-order valence-corrected chi connectivity index (χ4v) is 3.01. The predicted octanol–water partition coefficient (Wildman–Crippen LogP) is 7.10. The van der Waals surface area contributed by atoms with Crippen molar-refractivity contribution in [3.05, 3.63) is 54.1 Å². The van der Waals surface area contributed by atoms with Crippen LogP contribution in [0.15, 0.2) is 48.6 Å². The third kappa shape index (κ3) is 12.7. The summed E-state index contributed by atoms with van der Waals surface area (Å²) in [5.74, 6) is -1.35. The van der Waals surface area contributed by atoms with Gasteiger partial charge in [0.25, 0.3) is 0 Å². The lowest BCUT2D eigenvalue weighted by molar-refractivity contribution is -0.134. The van der Waals surface area contributed by atoms with Crippen LogP contribution in [0.1, 0.15) is 94.3 Å². The number of benzene rings is 1. The van der Waals surface area contributed by atoms with Crippen molar-refractivity contribution >= 4 is 11.9 Å². The average Bonchev–Trinajstić information content (AvgIpc) is 2.71. The van der Waals surface area contributed by atoms with Crippen LogP contribution in [0.25, 0.3) is 0 Å². The van der Waals surface area contributed by atoms with Gasteiger partial charge in [-0.1, -0.05) is 81.9 Å². The van der Waals surface area contributed by atoms with Crippen LogP contribution in [-0.4, -0.2) is 17.0 Å². The smallest absolute Gasteiger partial charge is 0.339 e. The van der Waals surface area contributed by atoms with Gasteiger partial charge in [0.15, 0.2) is 0 Å². The SMILES string of the molecule is CCCCCC/C=C/C=C/CCCCCCCC(=O)Oc1ccccc1C(=O)O. The molecule has 1 N–H and O–H groups in total. The molecule has 0 spiro atoms. The number of hydrogen-bond donors (Lipinski definition) is 1. The Balaban J connectivity index is 2.02. The molecule has 0 aliphatic carbocycles. The van der Waals surface area contributed by atoms with E-state index in [4.69, 9.17) is 9.84 Å². The van der Waals surface area contributed by atoms with Crippen LogP contribution in [0.2, 0.25) is 0 Å². The van der Waals surface area contributed by atoms with Gasteiger partial charge in [0.2, 0.25) is 0 Å². The molecule has 0 heterocycles. The highest BCUT2D eigenvalue weighted by Gasteiger charge is 2.13. The van der Waals surface area contributed by atoms with Crippen molar-refractivity contribution in [1.82, 2.24) is 0 Å². The van der Waals surface area contributed by atoms with E-state index in [2.05, 4.69) is 31.2 Å². The second-order valence-electron chi connectivity index (χ2n) is 7.29. The highest BCUT2D eigenvalue weighted by Crippen LogP contribution is 2.19. The average molecular weight is 401 g/mol. The van der Waals surface area contributed by atoms with E-state index >= 15 is 0 Å². The van der Waals surface area contributed by atoms with E-state index in [1.54, 1.807) is 12.1 Å². The van der Waals surface area contributed by atoms with Gasteiger partial charge in [0, 0.05) is 6.42 Å². The molecule has 0 unspecified atom stereocenters. The fourth-order valence-electron chi connectivity index (χ4n) is 3.01. The first kappa shape index (κ1) is 24.7. The number of carbonyl (C=O) groups excluding carboxylic acids is 1. The minimum Gasteiger partial charge on any atom is -0.478 e. The maximum absolute atomic E-state index is 11.9. The molecule has 0 radical (unpaired) electrons. The lowest BCUT2D eigenvalue weighted by Gasteiger charge is -2.07. The van der Waals surface area contributed by atoms with E-state index in [-0.39, 0.29) is 17.3 Å². The summed E-state index contributed by atoms with van der Waals surface area (Å²) in [6.45, 7) is 2.23. The summed E-state index contributed by atoms with van der Waals surface area (Å²) >= 11 is 0. The summed E-state index contributed by atoms with van der Waals surface area (Å²) in [7, 11) is 0. The van der Waals surface area contributed by atoms with Gasteiger partial charge in [-0.05, 0) is 44.2 Å². The number of carboxylic acids is 1. The van der Waals surface area contributed by atoms with Crippen LogP contribution >= 0.6 is 0 Å². The molecule has 4 nitrogen and oxygen atoms in total. The Morgan fingerprint density at radius 1 is 0.862 bits per heavy atom. The van der Waals surface area contributed by atoms with Gasteiger partial charge in [-0.15, -0.1) is 0 Å². The molecule has 0 aliphatic rings. The largest absolute Gasteiger partial charge is 0.478 e. The number of hydrogen-bond acceptors (Lipinski definition) is 3. The molecule has 0 amide bonds. The van der Waals surface area contributed by atoms with Crippen molar-refractivity contribution < 1.29 is 19.4 Å². The first-order chi connectivity index (χ1) is 14.1. The first-order valence-corrected chi connectivity index (χ1v) is 11.0. The number of carbonyl (C=O) groups is 2. The first-order valence-electron chi connectivity index (χ1n) is 11.0. The second kappa shape index (κ2) is 16.6. The van der Waals surface area contributed by atoms with Gasteiger partial charge in [0.1, 0.15) is 11.3 Å². The van der Waals surface area contributed by atoms with Crippen LogP contribution in [0, 0.1) is 0 Å². The van der Waals surface area contributed by atoms with Crippen LogP contribution in [0.4, 0.5) is 0 Å². The zero-order valence-corrected chi connectivity index (χ0v) is 17.8. The Morgan fingerprint density at radius 2 is 1.45 bits per heavy atom. The summed E-state index contributed by atoms with van der Waals surface area (Å²) in [6.07, 6.45) is 21.8. The molecular weight excluding hydrogens is 364 g/mol. The Labute approximate surface area is 175 Å². The molecule has 0 aliphatic heterocycles. The molecule has 4 heteroatoms. The van der Waals surface area contributed by atoms with E-state index in [1.807, 2.05) is 0 Å². The van der Waals surface area contributed by atoms with Crippen molar-refractivity contribution in [2.75, 3.05) is 0 Å².